The molecule has 0 saturated carbocycles. The minimum absolute atomic E-state index is 0.0370. The van der Waals surface area contributed by atoms with Crippen LogP contribution in [-0.2, 0) is 9.59 Å². The molecule has 0 aliphatic carbocycles. The Balaban J connectivity index is 1.40. The van der Waals surface area contributed by atoms with Gasteiger partial charge in [0.05, 0.1) is 13.0 Å². The number of benzene rings is 2. The molecule has 6 heteroatoms. The predicted octanol–water partition coefficient (Wildman–Crippen LogP) is 3.47. The highest BCUT2D eigenvalue weighted by Gasteiger charge is 2.27. The number of piperidine rings is 1. The molecule has 0 atom stereocenters. The molecule has 27 heavy (non-hydrogen) atoms. The number of anilines is 1. The molecule has 0 aromatic heterocycles. The fourth-order valence-corrected chi connectivity index (χ4v) is 3.13. The van der Waals surface area contributed by atoms with Crippen molar-refractivity contribution in [1.82, 2.24) is 4.90 Å². The molecule has 0 spiro atoms. The minimum atomic E-state index is -0.383. The number of hydrogen-bond acceptors (Lipinski definition) is 3. The van der Waals surface area contributed by atoms with E-state index in [0.29, 0.717) is 44.6 Å². The van der Waals surface area contributed by atoms with Crippen LogP contribution >= 0.6 is 0 Å². The number of amides is 2. The Bertz CT molecular complexity index is 774. The molecular weight excluding hydrogens is 347 g/mol. The molecule has 3 rings (SSSR count). The maximum Gasteiger partial charge on any atom is 0.227 e. The van der Waals surface area contributed by atoms with Gasteiger partial charge in [0.15, 0.2) is 0 Å². The van der Waals surface area contributed by atoms with Gasteiger partial charge in [-0.05, 0) is 43.2 Å². The largest absolute Gasteiger partial charge is 0.493 e. The van der Waals surface area contributed by atoms with E-state index < -0.39 is 0 Å². The highest BCUT2D eigenvalue weighted by molar-refractivity contribution is 5.92. The first-order chi connectivity index (χ1) is 13.1. The number of para-hydroxylation sites is 1. The number of rotatable bonds is 6. The van der Waals surface area contributed by atoms with E-state index in [4.69, 9.17) is 4.74 Å². The van der Waals surface area contributed by atoms with Gasteiger partial charge >= 0.3 is 0 Å². The van der Waals surface area contributed by atoms with Gasteiger partial charge in [-0.1, -0.05) is 24.3 Å². The van der Waals surface area contributed by atoms with Crippen LogP contribution in [0.2, 0.25) is 0 Å². The molecule has 0 radical (unpaired) electrons. The number of nitrogens with one attached hydrogen (secondary N) is 1. The van der Waals surface area contributed by atoms with Crippen molar-refractivity contribution < 1.29 is 18.7 Å². The van der Waals surface area contributed by atoms with Crippen LogP contribution < -0.4 is 10.1 Å². The SMILES string of the molecule is O=C(Nc1cccc(F)c1)C1CCN(C(=O)CCOc2ccccc2)CC1. The second-order valence-electron chi connectivity index (χ2n) is 6.57. The third kappa shape index (κ3) is 5.54. The quantitative estimate of drug-likeness (QED) is 0.847. The van der Waals surface area contributed by atoms with Crippen LogP contribution in [0.1, 0.15) is 19.3 Å². The molecule has 2 aromatic rings. The number of hydrogen-bond donors (Lipinski definition) is 1. The van der Waals surface area contributed by atoms with Gasteiger partial charge in [-0.2, -0.15) is 0 Å². The van der Waals surface area contributed by atoms with E-state index in [9.17, 15) is 14.0 Å². The van der Waals surface area contributed by atoms with Gasteiger partial charge < -0.3 is 15.0 Å². The Morgan fingerprint density at radius 1 is 1.07 bits per heavy atom. The molecule has 1 aliphatic heterocycles. The summed E-state index contributed by atoms with van der Waals surface area (Å²) < 4.78 is 18.8. The average molecular weight is 370 g/mol. The van der Waals surface area contributed by atoms with Crippen molar-refractivity contribution >= 4 is 17.5 Å². The molecule has 2 aromatic carbocycles. The zero-order valence-corrected chi connectivity index (χ0v) is 15.1. The van der Waals surface area contributed by atoms with E-state index in [1.54, 1.807) is 17.0 Å². The second-order valence-corrected chi connectivity index (χ2v) is 6.57. The lowest BCUT2D eigenvalue weighted by molar-refractivity contribution is -0.135. The number of halogens is 1. The van der Waals surface area contributed by atoms with Crippen molar-refractivity contribution in [3.63, 3.8) is 0 Å². The third-order valence-electron chi connectivity index (χ3n) is 4.64. The van der Waals surface area contributed by atoms with Crippen LogP contribution in [0.4, 0.5) is 10.1 Å². The van der Waals surface area contributed by atoms with Gasteiger partial charge in [0.2, 0.25) is 11.8 Å². The Morgan fingerprint density at radius 3 is 2.52 bits per heavy atom. The van der Waals surface area contributed by atoms with Crippen molar-refractivity contribution in [2.75, 3.05) is 25.0 Å². The summed E-state index contributed by atoms with van der Waals surface area (Å²) in [5.74, 6) is 0.108. The highest BCUT2D eigenvalue weighted by Crippen LogP contribution is 2.20. The Kier molecular flexibility index (Phi) is 6.41. The van der Waals surface area contributed by atoms with Crippen LogP contribution in [0.25, 0.3) is 0 Å². The lowest BCUT2D eigenvalue weighted by Crippen LogP contribution is -2.41. The average Bonchev–Trinajstić information content (AvgIpc) is 2.69. The molecule has 1 heterocycles. The highest BCUT2D eigenvalue weighted by atomic mass is 19.1. The van der Waals surface area contributed by atoms with Gasteiger partial charge in [0, 0.05) is 24.7 Å². The summed E-state index contributed by atoms with van der Waals surface area (Å²) in [5, 5.41) is 2.75. The summed E-state index contributed by atoms with van der Waals surface area (Å²) in [5.41, 5.74) is 0.455. The first kappa shape index (κ1) is 18.9. The summed E-state index contributed by atoms with van der Waals surface area (Å²) in [6, 6.07) is 15.2. The first-order valence-electron chi connectivity index (χ1n) is 9.14. The molecular formula is C21H23FN2O3. The number of carbonyl (C=O) groups is 2. The van der Waals surface area contributed by atoms with Crippen molar-refractivity contribution in [3.05, 3.63) is 60.4 Å². The summed E-state index contributed by atoms with van der Waals surface area (Å²) >= 11 is 0. The van der Waals surface area contributed by atoms with E-state index in [-0.39, 0.29) is 23.5 Å². The minimum Gasteiger partial charge on any atom is -0.493 e. The monoisotopic (exact) mass is 370 g/mol. The number of likely N-dealkylation sites (tertiary alicyclic amines) is 1. The standard InChI is InChI=1S/C21H23FN2O3/c22-17-5-4-6-18(15-17)23-21(26)16-9-12-24(13-10-16)20(25)11-14-27-19-7-2-1-3-8-19/h1-8,15-16H,9-14H2,(H,23,26). The van der Waals surface area contributed by atoms with Crippen molar-refractivity contribution in [3.8, 4) is 5.75 Å². The van der Waals surface area contributed by atoms with Crippen LogP contribution in [0.5, 0.6) is 5.75 Å². The molecule has 0 bridgehead atoms. The molecule has 1 fully saturated rings. The van der Waals surface area contributed by atoms with Crippen molar-refractivity contribution in [2.45, 2.75) is 19.3 Å². The molecule has 1 aliphatic rings. The lowest BCUT2D eigenvalue weighted by Gasteiger charge is -2.31. The van der Waals surface area contributed by atoms with Gasteiger partial charge in [0.25, 0.3) is 0 Å². The summed E-state index contributed by atoms with van der Waals surface area (Å²) in [6.45, 7) is 1.43. The van der Waals surface area contributed by atoms with Crippen molar-refractivity contribution in [1.29, 1.82) is 0 Å². The maximum absolute atomic E-state index is 13.2. The summed E-state index contributed by atoms with van der Waals surface area (Å²) in [6.07, 6.45) is 1.52. The molecule has 142 valence electrons. The fraction of sp³-hybridized carbons (Fsp3) is 0.333. The van der Waals surface area contributed by atoms with E-state index in [1.165, 1.54) is 12.1 Å². The van der Waals surface area contributed by atoms with Gasteiger partial charge in [-0.3, -0.25) is 9.59 Å². The van der Waals surface area contributed by atoms with Crippen LogP contribution in [0.15, 0.2) is 54.6 Å². The second kappa shape index (κ2) is 9.16. The third-order valence-corrected chi connectivity index (χ3v) is 4.64. The van der Waals surface area contributed by atoms with Gasteiger partial charge in [-0.15, -0.1) is 0 Å². The molecule has 1 saturated heterocycles. The zero-order valence-electron chi connectivity index (χ0n) is 15.1. The van der Waals surface area contributed by atoms with Crippen LogP contribution in [-0.4, -0.2) is 36.4 Å². The molecule has 1 N–H and O–H groups in total. The number of nitrogens with zero attached hydrogens (tertiary/aromatic N) is 1. The Labute approximate surface area is 158 Å². The van der Waals surface area contributed by atoms with E-state index in [2.05, 4.69) is 5.32 Å². The number of ether oxygens (including phenoxy) is 1. The lowest BCUT2D eigenvalue weighted by atomic mass is 9.95. The maximum atomic E-state index is 13.2. The smallest absolute Gasteiger partial charge is 0.227 e. The topological polar surface area (TPSA) is 58.6 Å². The zero-order chi connectivity index (χ0) is 19.1. The first-order valence-corrected chi connectivity index (χ1v) is 9.14. The van der Waals surface area contributed by atoms with Crippen LogP contribution in [0, 0.1) is 11.7 Å². The Hall–Kier alpha value is -2.89. The summed E-state index contributed by atoms with van der Waals surface area (Å²) in [7, 11) is 0. The van der Waals surface area contributed by atoms with E-state index in [1.807, 2.05) is 30.3 Å². The number of carbonyl (C=O) groups excluding carboxylic acids is 2. The Morgan fingerprint density at radius 2 is 1.81 bits per heavy atom. The van der Waals surface area contributed by atoms with Crippen LogP contribution in [0.3, 0.4) is 0 Å². The summed E-state index contributed by atoms with van der Waals surface area (Å²) in [4.78, 5) is 26.4. The van der Waals surface area contributed by atoms with Gasteiger partial charge in [0.1, 0.15) is 11.6 Å². The van der Waals surface area contributed by atoms with E-state index >= 15 is 0 Å². The van der Waals surface area contributed by atoms with Gasteiger partial charge in [-0.25, -0.2) is 4.39 Å². The van der Waals surface area contributed by atoms with Crippen molar-refractivity contribution in [2.24, 2.45) is 5.92 Å². The molecule has 0 unspecified atom stereocenters. The molecule has 2 amide bonds. The normalized spacial score (nSPS) is 14.6. The van der Waals surface area contributed by atoms with E-state index in [0.717, 1.165) is 5.75 Å². The fourth-order valence-electron chi connectivity index (χ4n) is 3.13. The predicted molar refractivity (Wildman–Crippen MR) is 101 cm³/mol. The molecule has 5 nitrogen and oxygen atoms in total.